The minimum atomic E-state index is -4.39. The lowest BCUT2D eigenvalue weighted by atomic mass is 10.1. The van der Waals surface area contributed by atoms with Crippen LogP contribution in [-0.4, -0.2) is 11.8 Å². The Morgan fingerprint density at radius 3 is 2.32 bits per heavy atom. The van der Waals surface area contributed by atoms with Crippen LogP contribution in [0.1, 0.15) is 29.5 Å². The predicted octanol–water partition coefficient (Wildman–Crippen LogP) is 5.01. The van der Waals surface area contributed by atoms with Gasteiger partial charge in [0.2, 0.25) is 11.8 Å². The van der Waals surface area contributed by atoms with E-state index < -0.39 is 17.6 Å². The van der Waals surface area contributed by atoms with E-state index in [4.69, 9.17) is 0 Å². The summed E-state index contributed by atoms with van der Waals surface area (Å²) in [4.78, 5) is 24.0. The van der Waals surface area contributed by atoms with Crippen molar-refractivity contribution in [2.75, 3.05) is 10.6 Å². The number of carbonyl (C=O) groups is 2. The summed E-state index contributed by atoms with van der Waals surface area (Å²) in [5, 5.41) is 5.54. The molecule has 0 unspecified atom stereocenters. The number of alkyl halides is 3. The van der Waals surface area contributed by atoms with Gasteiger partial charge in [0.1, 0.15) is 0 Å². The van der Waals surface area contributed by atoms with E-state index >= 15 is 0 Å². The predicted molar refractivity (Wildman–Crippen MR) is 102 cm³/mol. The van der Waals surface area contributed by atoms with Crippen LogP contribution in [0.4, 0.5) is 24.5 Å². The van der Waals surface area contributed by atoms with Crippen LogP contribution >= 0.6 is 0 Å². The van der Waals surface area contributed by atoms with Crippen molar-refractivity contribution < 1.29 is 22.8 Å². The molecule has 4 nitrogen and oxygen atoms in total. The fraction of sp³-hybridized carbons (Fsp3) is 0.238. The molecule has 0 saturated heterocycles. The second-order valence-corrected chi connectivity index (χ2v) is 6.74. The second kappa shape index (κ2) is 7.88. The molecule has 0 radical (unpaired) electrons. The SMILES string of the molecule is Cc1ccc(NC(=O)C2CC2)cc1NC(=O)/C=C/c1ccc(C(F)(F)F)cc1. The van der Waals surface area contributed by atoms with E-state index in [9.17, 15) is 22.8 Å². The van der Waals surface area contributed by atoms with Crippen LogP contribution in [0.5, 0.6) is 0 Å². The fourth-order valence-corrected chi connectivity index (χ4v) is 2.55. The van der Waals surface area contributed by atoms with Crippen LogP contribution in [0.25, 0.3) is 6.08 Å². The van der Waals surface area contributed by atoms with Crippen LogP contribution in [0.15, 0.2) is 48.5 Å². The number of hydrogen-bond donors (Lipinski definition) is 2. The molecule has 2 N–H and O–H groups in total. The molecule has 28 heavy (non-hydrogen) atoms. The van der Waals surface area contributed by atoms with Crippen LogP contribution in [0.2, 0.25) is 0 Å². The molecule has 0 atom stereocenters. The van der Waals surface area contributed by atoms with Crippen LogP contribution in [-0.2, 0) is 15.8 Å². The Bertz CT molecular complexity index is 914. The molecule has 2 aromatic rings. The molecular formula is C21H19F3N2O2. The maximum atomic E-state index is 12.6. The Hall–Kier alpha value is -3.09. The number of rotatable bonds is 5. The average molecular weight is 388 g/mol. The summed E-state index contributed by atoms with van der Waals surface area (Å²) in [7, 11) is 0. The van der Waals surface area contributed by atoms with E-state index in [-0.39, 0.29) is 11.8 Å². The third kappa shape index (κ3) is 5.22. The zero-order valence-electron chi connectivity index (χ0n) is 15.1. The summed E-state index contributed by atoms with van der Waals surface area (Å²) < 4.78 is 37.7. The minimum absolute atomic E-state index is 0.0247. The summed E-state index contributed by atoms with van der Waals surface area (Å²) in [5.41, 5.74) is 1.71. The summed E-state index contributed by atoms with van der Waals surface area (Å²) >= 11 is 0. The summed E-state index contributed by atoms with van der Waals surface area (Å²) in [6.07, 6.45) is 0.0875. The highest BCUT2D eigenvalue weighted by Crippen LogP contribution is 2.31. The number of anilines is 2. The molecule has 7 heteroatoms. The van der Waals surface area contributed by atoms with E-state index in [0.29, 0.717) is 16.9 Å². The Kier molecular flexibility index (Phi) is 5.53. The molecule has 1 aliphatic carbocycles. The van der Waals surface area contributed by atoms with Gasteiger partial charge in [0, 0.05) is 23.4 Å². The number of hydrogen-bond acceptors (Lipinski definition) is 2. The molecular weight excluding hydrogens is 369 g/mol. The van der Waals surface area contributed by atoms with E-state index in [1.54, 1.807) is 18.2 Å². The first kappa shape index (κ1) is 19.7. The van der Waals surface area contributed by atoms with Crippen molar-refractivity contribution in [3.8, 4) is 0 Å². The first-order valence-corrected chi connectivity index (χ1v) is 8.80. The Labute approximate surface area is 160 Å². The average Bonchev–Trinajstić information content (AvgIpc) is 3.48. The molecule has 1 saturated carbocycles. The zero-order chi connectivity index (χ0) is 20.3. The van der Waals surface area contributed by atoms with Crippen molar-refractivity contribution in [2.24, 2.45) is 5.92 Å². The molecule has 1 fully saturated rings. The monoisotopic (exact) mass is 388 g/mol. The molecule has 2 aromatic carbocycles. The van der Waals surface area contributed by atoms with Crippen molar-refractivity contribution >= 4 is 29.3 Å². The molecule has 0 spiro atoms. The second-order valence-electron chi connectivity index (χ2n) is 6.74. The van der Waals surface area contributed by atoms with Gasteiger partial charge in [-0.1, -0.05) is 18.2 Å². The van der Waals surface area contributed by atoms with Crippen molar-refractivity contribution in [3.63, 3.8) is 0 Å². The molecule has 0 bridgehead atoms. The van der Waals surface area contributed by atoms with Gasteiger partial charge in [-0.2, -0.15) is 13.2 Å². The van der Waals surface area contributed by atoms with Gasteiger partial charge in [-0.15, -0.1) is 0 Å². The number of carbonyl (C=O) groups excluding carboxylic acids is 2. The fourth-order valence-electron chi connectivity index (χ4n) is 2.55. The lowest BCUT2D eigenvalue weighted by Crippen LogP contribution is -2.14. The van der Waals surface area contributed by atoms with Gasteiger partial charge < -0.3 is 10.6 Å². The van der Waals surface area contributed by atoms with E-state index in [1.807, 2.05) is 6.92 Å². The number of benzene rings is 2. The van der Waals surface area contributed by atoms with Crippen LogP contribution in [0.3, 0.4) is 0 Å². The lowest BCUT2D eigenvalue weighted by molar-refractivity contribution is -0.137. The minimum Gasteiger partial charge on any atom is -0.326 e. The Balaban J connectivity index is 1.63. The highest BCUT2D eigenvalue weighted by atomic mass is 19.4. The van der Waals surface area contributed by atoms with Gasteiger partial charge >= 0.3 is 6.18 Å². The summed E-state index contributed by atoms with van der Waals surface area (Å²) in [5.74, 6) is -0.372. The molecule has 0 aliphatic heterocycles. The highest BCUT2D eigenvalue weighted by molar-refractivity contribution is 6.03. The quantitative estimate of drug-likeness (QED) is 0.707. The van der Waals surface area contributed by atoms with Crippen LogP contribution < -0.4 is 10.6 Å². The van der Waals surface area contributed by atoms with E-state index in [1.165, 1.54) is 24.3 Å². The maximum Gasteiger partial charge on any atom is 0.416 e. The first-order valence-electron chi connectivity index (χ1n) is 8.80. The van der Waals surface area contributed by atoms with Crippen molar-refractivity contribution in [3.05, 3.63) is 65.2 Å². The normalized spacial score (nSPS) is 14.1. The lowest BCUT2D eigenvalue weighted by Gasteiger charge is -2.10. The first-order chi connectivity index (χ1) is 13.2. The maximum absolute atomic E-state index is 12.6. The van der Waals surface area contributed by atoms with Crippen molar-refractivity contribution in [1.82, 2.24) is 0 Å². The number of amides is 2. The smallest absolute Gasteiger partial charge is 0.326 e. The summed E-state index contributed by atoms with van der Waals surface area (Å²) in [6.45, 7) is 1.82. The van der Waals surface area contributed by atoms with Crippen molar-refractivity contribution in [1.29, 1.82) is 0 Å². The topological polar surface area (TPSA) is 58.2 Å². The van der Waals surface area contributed by atoms with Crippen molar-refractivity contribution in [2.45, 2.75) is 25.9 Å². The third-order valence-corrected chi connectivity index (χ3v) is 4.38. The number of nitrogens with one attached hydrogen (secondary N) is 2. The van der Waals surface area contributed by atoms with Crippen LogP contribution in [0, 0.1) is 12.8 Å². The molecule has 0 aromatic heterocycles. The van der Waals surface area contributed by atoms with Gasteiger partial charge in [-0.05, 0) is 61.2 Å². The third-order valence-electron chi connectivity index (χ3n) is 4.38. The van der Waals surface area contributed by atoms with Gasteiger partial charge in [-0.3, -0.25) is 9.59 Å². The van der Waals surface area contributed by atoms with Gasteiger partial charge in [0.25, 0.3) is 0 Å². The van der Waals surface area contributed by atoms with Gasteiger partial charge in [-0.25, -0.2) is 0 Å². The number of aryl methyl sites for hydroxylation is 1. The largest absolute Gasteiger partial charge is 0.416 e. The molecule has 2 amide bonds. The van der Waals surface area contributed by atoms with E-state index in [2.05, 4.69) is 10.6 Å². The van der Waals surface area contributed by atoms with E-state index in [0.717, 1.165) is 30.5 Å². The Morgan fingerprint density at radius 2 is 1.71 bits per heavy atom. The zero-order valence-corrected chi connectivity index (χ0v) is 15.1. The van der Waals surface area contributed by atoms with Gasteiger partial charge in [0.05, 0.1) is 5.56 Å². The van der Waals surface area contributed by atoms with Gasteiger partial charge in [0.15, 0.2) is 0 Å². The standard InChI is InChI=1S/C21H19F3N2O2/c1-13-2-10-17(25-20(28)15-6-7-15)12-18(13)26-19(27)11-5-14-3-8-16(9-4-14)21(22,23)24/h2-5,8-12,15H,6-7H2,1H3,(H,25,28)(H,26,27)/b11-5+. The molecule has 1 aliphatic rings. The molecule has 0 heterocycles. The Morgan fingerprint density at radius 1 is 1.04 bits per heavy atom. The number of halogens is 3. The molecule has 3 rings (SSSR count). The summed E-state index contributed by atoms with van der Waals surface area (Å²) in [6, 6.07) is 9.76. The highest BCUT2D eigenvalue weighted by Gasteiger charge is 2.30. The molecule has 146 valence electrons.